The van der Waals surface area contributed by atoms with Crippen LogP contribution < -0.4 is 5.32 Å². The summed E-state index contributed by atoms with van der Waals surface area (Å²) in [5, 5.41) is 12.4. The zero-order chi connectivity index (χ0) is 20.4. The second-order valence-corrected chi connectivity index (χ2v) is 7.46. The fourth-order valence-corrected chi connectivity index (χ4v) is 3.31. The summed E-state index contributed by atoms with van der Waals surface area (Å²) >= 11 is 0. The largest absolute Gasteiger partial charge is 0.368 e. The number of anilines is 1. The van der Waals surface area contributed by atoms with E-state index in [1.165, 1.54) is 11.3 Å². The van der Waals surface area contributed by atoms with Crippen LogP contribution in [-0.2, 0) is 13.1 Å². The lowest BCUT2D eigenvalue weighted by atomic mass is 10.1. The number of hydrogen-bond donors (Lipinski definition) is 1. The Balaban J connectivity index is 1.68. The molecule has 0 aliphatic carbocycles. The van der Waals surface area contributed by atoms with Gasteiger partial charge in [0, 0.05) is 30.8 Å². The van der Waals surface area contributed by atoms with E-state index in [0.717, 1.165) is 54.3 Å². The van der Waals surface area contributed by atoms with Gasteiger partial charge >= 0.3 is 0 Å². The molecule has 3 aromatic rings. The normalized spacial score (nSPS) is 12.4. The summed E-state index contributed by atoms with van der Waals surface area (Å²) in [5.41, 5.74) is 4.58. The average molecular weight is 383 g/mol. The van der Waals surface area contributed by atoms with E-state index in [4.69, 9.17) is 0 Å². The number of rotatable bonds is 7. The maximum absolute atomic E-state index is 4.66. The molecule has 0 aliphatic rings. The van der Waals surface area contributed by atoms with E-state index < -0.39 is 0 Å². The van der Waals surface area contributed by atoms with Gasteiger partial charge < -0.3 is 5.32 Å². The predicted octanol–water partition coefficient (Wildman–Crippen LogP) is 3.03. The molecule has 3 heterocycles. The molecule has 0 aliphatic heterocycles. The van der Waals surface area contributed by atoms with Crippen LogP contribution in [0.5, 0.6) is 0 Å². The van der Waals surface area contributed by atoms with E-state index in [1.807, 2.05) is 31.5 Å². The zero-order valence-electron chi connectivity index (χ0n) is 17.9. The Morgan fingerprint density at radius 3 is 2.29 bits per heavy atom. The van der Waals surface area contributed by atoms with Crippen LogP contribution in [0, 0.1) is 41.5 Å². The van der Waals surface area contributed by atoms with Gasteiger partial charge in [-0.25, -0.2) is 19.6 Å². The average Bonchev–Trinajstić information content (AvgIpc) is 3.07. The van der Waals surface area contributed by atoms with Crippen LogP contribution in [0.25, 0.3) is 0 Å². The molecule has 0 radical (unpaired) electrons. The molecule has 8 heteroatoms. The van der Waals surface area contributed by atoms with Crippen LogP contribution in [0.3, 0.4) is 0 Å². The highest BCUT2D eigenvalue weighted by Crippen LogP contribution is 2.20. The molecule has 0 aromatic carbocycles. The number of hydrogen-bond acceptors (Lipinski definition) is 6. The summed E-state index contributed by atoms with van der Waals surface area (Å²) in [4.78, 5) is 13.5. The van der Waals surface area contributed by atoms with Gasteiger partial charge in [-0.2, -0.15) is 10.2 Å². The van der Waals surface area contributed by atoms with Crippen molar-refractivity contribution in [2.45, 2.75) is 67.5 Å². The maximum Gasteiger partial charge on any atom is 0.147 e. The van der Waals surface area contributed by atoms with Crippen molar-refractivity contribution in [3.63, 3.8) is 0 Å². The second-order valence-electron chi connectivity index (χ2n) is 7.46. The third kappa shape index (κ3) is 4.37. The molecule has 0 spiro atoms. The Hall–Kier alpha value is -2.77. The maximum atomic E-state index is 4.66. The highest BCUT2D eigenvalue weighted by Gasteiger charge is 2.15. The molecule has 0 amide bonds. The van der Waals surface area contributed by atoms with Crippen LogP contribution in [0.4, 0.5) is 5.82 Å². The number of nitrogens with one attached hydrogen (secondary N) is 1. The van der Waals surface area contributed by atoms with Gasteiger partial charge in [0.15, 0.2) is 0 Å². The van der Waals surface area contributed by atoms with Gasteiger partial charge in [0.2, 0.25) is 0 Å². The van der Waals surface area contributed by atoms with E-state index in [0.29, 0.717) is 0 Å². The highest BCUT2D eigenvalue weighted by atomic mass is 15.3. The molecule has 1 N–H and O–H groups in total. The van der Waals surface area contributed by atoms with Crippen molar-refractivity contribution in [1.29, 1.82) is 0 Å². The van der Waals surface area contributed by atoms with E-state index in [2.05, 4.69) is 62.8 Å². The minimum absolute atomic E-state index is 0.236. The summed E-state index contributed by atoms with van der Waals surface area (Å²) < 4.78 is 3.99. The lowest BCUT2D eigenvalue weighted by Gasteiger charge is -2.15. The lowest BCUT2D eigenvalue weighted by molar-refractivity contribution is 0.519. The molecule has 1 unspecified atom stereocenters. The van der Waals surface area contributed by atoms with Gasteiger partial charge in [-0.3, -0.25) is 4.68 Å². The molecule has 28 heavy (non-hydrogen) atoms. The number of aromatic nitrogens is 7. The van der Waals surface area contributed by atoms with Crippen molar-refractivity contribution in [3.8, 4) is 0 Å². The van der Waals surface area contributed by atoms with Crippen LogP contribution in [0.15, 0.2) is 6.07 Å². The Kier molecular flexibility index (Phi) is 5.76. The zero-order valence-corrected chi connectivity index (χ0v) is 17.9. The molecule has 0 bridgehead atoms. The summed E-state index contributed by atoms with van der Waals surface area (Å²) in [6.45, 7) is 16.5. The summed E-state index contributed by atoms with van der Waals surface area (Å²) in [6, 6.07) is 2.04. The number of nitrogens with zero attached hydrogens (tertiary/aromatic N) is 7. The van der Waals surface area contributed by atoms with Crippen molar-refractivity contribution in [2.24, 2.45) is 0 Å². The van der Waals surface area contributed by atoms with Gasteiger partial charge in [-0.05, 0) is 47.1 Å². The van der Waals surface area contributed by atoms with Crippen molar-refractivity contribution in [2.75, 3.05) is 11.9 Å². The fraction of sp³-hybridized carbons (Fsp3) is 0.550. The first-order valence-corrected chi connectivity index (χ1v) is 9.72. The van der Waals surface area contributed by atoms with Crippen molar-refractivity contribution < 1.29 is 0 Å². The molecular formula is C20H30N8. The van der Waals surface area contributed by atoms with Gasteiger partial charge in [0.25, 0.3) is 0 Å². The van der Waals surface area contributed by atoms with Crippen molar-refractivity contribution in [3.05, 3.63) is 46.2 Å². The Labute approximate surface area is 166 Å². The minimum atomic E-state index is 0.236. The smallest absolute Gasteiger partial charge is 0.147 e. The van der Waals surface area contributed by atoms with E-state index in [1.54, 1.807) is 0 Å². The molecule has 3 rings (SSSR count). The highest BCUT2D eigenvalue weighted by molar-refractivity contribution is 5.37. The predicted molar refractivity (Wildman–Crippen MR) is 110 cm³/mol. The first-order chi connectivity index (χ1) is 13.2. The third-order valence-corrected chi connectivity index (χ3v) is 5.15. The number of aryl methyl sites for hydroxylation is 4. The van der Waals surface area contributed by atoms with Gasteiger partial charge in [0.05, 0.1) is 17.9 Å². The first kappa shape index (κ1) is 20.0. The molecule has 0 saturated carbocycles. The molecule has 3 aromatic heterocycles. The van der Waals surface area contributed by atoms with Crippen molar-refractivity contribution in [1.82, 2.24) is 34.5 Å². The summed E-state index contributed by atoms with van der Waals surface area (Å²) in [6.07, 6.45) is 0. The molecule has 8 nitrogen and oxygen atoms in total. The van der Waals surface area contributed by atoms with Crippen LogP contribution >= 0.6 is 0 Å². The molecule has 0 fully saturated rings. The Bertz CT molecular complexity index is 969. The molecule has 150 valence electrons. The molecule has 1 atom stereocenters. The SMILES string of the molecule is Cc1nc(NCCn2nc(C)nc2C)cc(C(C)Cn2nc(C)c(C)c2C)n1. The van der Waals surface area contributed by atoms with Gasteiger partial charge in [-0.1, -0.05) is 6.92 Å². The summed E-state index contributed by atoms with van der Waals surface area (Å²) in [5.74, 6) is 3.57. The van der Waals surface area contributed by atoms with E-state index >= 15 is 0 Å². The van der Waals surface area contributed by atoms with Crippen LogP contribution in [-0.4, -0.2) is 41.1 Å². The topological polar surface area (TPSA) is 86.3 Å². The first-order valence-electron chi connectivity index (χ1n) is 9.72. The van der Waals surface area contributed by atoms with E-state index in [-0.39, 0.29) is 5.92 Å². The monoisotopic (exact) mass is 382 g/mol. The fourth-order valence-electron chi connectivity index (χ4n) is 3.31. The standard InChI is InChI=1S/C20H30N8/c1-12(11-28-15(4)13(2)14(3)25-28)19-10-20(24-16(5)23-19)21-8-9-27-18(7)22-17(6)26-27/h10,12H,8-9,11H2,1-7H3,(H,21,23,24). The summed E-state index contributed by atoms with van der Waals surface area (Å²) in [7, 11) is 0. The van der Waals surface area contributed by atoms with Crippen LogP contribution in [0.2, 0.25) is 0 Å². The Morgan fingerprint density at radius 2 is 1.68 bits per heavy atom. The molecular weight excluding hydrogens is 352 g/mol. The van der Waals surface area contributed by atoms with E-state index in [9.17, 15) is 0 Å². The molecule has 0 saturated heterocycles. The van der Waals surface area contributed by atoms with Crippen molar-refractivity contribution >= 4 is 5.82 Å². The third-order valence-electron chi connectivity index (χ3n) is 5.15. The van der Waals surface area contributed by atoms with Gasteiger partial charge in [0.1, 0.15) is 23.3 Å². The van der Waals surface area contributed by atoms with Gasteiger partial charge in [-0.15, -0.1) is 0 Å². The quantitative estimate of drug-likeness (QED) is 0.676. The Morgan fingerprint density at radius 1 is 0.929 bits per heavy atom. The minimum Gasteiger partial charge on any atom is -0.368 e. The second kappa shape index (κ2) is 8.08. The lowest BCUT2D eigenvalue weighted by Crippen LogP contribution is -2.15. The van der Waals surface area contributed by atoms with Crippen LogP contribution in [0.1, 0.15) is 53.0 Å².